The number of hydrogen-bond donors (Lipinski definition) is 3. The molecule has 0 atom stereocenters. The molecule has 9 nitrogen and oxygen atoms in total. The molecule has 2 heterocycles. The summed E-state index contributed by atoms with van der Waals surface area (Å²) in [4.78, 5) is 30.2. The van der Waals surface area contributed by atoms with Gasteiger partial charge in [-0.25, -0.2) is 8.42 Å². The van der Waals surface area contributed by atoms with Crippen LogP contribution in [0.15, 0.2) is 58.4 Å². The number of nitrogens with zero attached hydrogens (tertiary/aromatic N) is 1. The highest BCUT2D eigenvalue weighted by atomic mass is 32.2. The molecule has 0 radical (unpaired) electrons. The third-order valence-corrected chi connectivity index (χ3v) is 8.44. The minimum Gasteiger partial charge on any atom is -0.370 e. The number of rotatable bonds is 9. The lowest BCUT2D eigenvalue weighted by Crippen LogP contribution is -3.14. The fraction of sp³-hybridized carbons (Fsp3) is 0.385. The van der Waals surface area contributed by atoms with Crippen LogP contribution in [0, 0.1) is 0 Å². The number of morpholine rings is 1. The van der Waals surface area contributed by atoms with Crippen molar-refractivity contribution in [1.82, 2.24) is 10.3 Å². The zero-order valence-electron chi connectivity index (χ0n) is 20.7. The summed E-state index contributed by atoms with van der Waals surface area (Å²) in [5.74, 6) is -0.475. The normalized spacial score (nSPS) is 14.6. The average molecular weight is 514 g/mol. The van der Waals surface area contributed by atoms with Crippen LogP contribution in [0.1, 0.15) is 29.3 Å². The summed E-state index contributed by atoms with van der Waals surface area (Å²) in [6.45, 7) is 6.85. The van der Waals surface area contributed by atoms with E-state index in [1.165, 1.54) is 34.6 Å². The number of benzene rings is 2. The highest BCUT2D eigenvalue weighted by Gasteiger charge is 2.23. The zero-order valence-corrected chi connectivity index (χ0v) is 21.5. The largest absolute Gasteiger partial charge is 0.370 e. The molecule has 1 fully saturated rings. The molecule has 1 aliphatic rings. The van der Waals surface area contributed by atoms with Gasteiger partial charge in [-0.2, -0.15) is 0 Å². The number of nitrogens with one attached hydrogen (secondary N) is 3. The zero-order chi connectivity index (χ0) is 25.7. The van der Waals surface area contributed by atoms with Crippen molar-refractivity contribution in [3.05, 3.63) is 70.0 Å². The Hall–Kier alpha value is -3.21. The van der Waals surface area contributed by atoms with Gasteiger partial charge in [-0.3, -0.25) is 13.9 Å². The highest BCUT2D eigenvalue weighted by Crippen LogP contribution is 2.24. The van der Waals surface area contributed by atoms with E-state index in [4.69, 9.17) is 4.74 Å². The summed E-state index contributed by atoms with van der Waals surface area (Å²) in [6, 6.07) is 11.6. The van der Waals surface area contributed by atoms with E-state index in [-0.39, 0.29) is 15.8 Å². The molecule has 1 amide bonds. The van der Waals surface area contributed by atoms with Gasteiger partial charge in [-0.1, -0.05) is 19.1 Å². The van der Waals surface area contributed by atoms with Crippen molar-refractivity contribution in [3.8, 4) is 0 Å². The molecule has 1 saturated heterocycles. The van der Waals surface area contributed by atoms with Gasteiger partial charge in [0.1, 0.15) is 18.7 Å². The van der Waals surface area contributed by atoms with Gasteiger partial charge >= 0.3 is 0 Å². The van der Waals surface area contributed by atoms with E-state index in [2.05, 4.69) is 10.3 Å². The number of carbonyl (C=O) groups excluding carboxylic acids is 1. The predicted octanol–water partition coefficient (Wildman–Crippen LogP) is 0.951. The lowest BCUT2D eigenvalue weighted by Gasteiger charge is -2.23. The van der Waals surface area contributed by atoms with E-state index in [0.717, 1.165) is 51.3 Å². The number of ether oxygens (including phenoxy) is 1. The van der Waals surface area contributed by atoms with Crippen molar-refractivity contribution in [2.45, 2.75) is 24.7 Å². The molecule has 0 saturated carbocycles. The molecule has 3 aromatic rings. The number of hydrogen-bond acceptors (Lipinski definition) is 5. The molecule has 2 aromatic carbocycles. The van der Waals surface area contributed by atoms with Crippen LogP contribution < -0.4 is 20.0 Å². The smallest absolute Gasteiger partial charge is 0.264 e. The second-order valence-electron chi connectivity index (χ2n) is 8.95. The Morgan fingerprint density at radius 1 is 1.14 bits per heavy atom. The Kier molecular flexibility index (Phi) is 8.07. The topological polar surface area (TPSA) is 113 Å². The van der Waals surface area contributed by atoms with E-state index in [0.29, 0.717) is 17.7 Å². The van der Waals surface area contributed by atoms with Crippen LogP contribution in [-0.2, 0) is 21.2 Å². The summed E-state index contributed by atoms with van der Waals surface area (Å²) in [6.07, 6.45) is 3.03. The van der Waals surface area contributed by atoms with Gasteiger partial charge in [0.25, 0.3) is 15.9 Å². The third kappa shape index (κ3) is 5.61. The Bertz CT molecular complexity index is 1380. The van der Waals surface area contributed by atoms with Crippen LogP contribution in [0.3, 0.4) is 0 Å². The molecule has 1 aromatic heterocycles. The number of sulfonamides is 1. The van der Waals surface area contributed by atoms with Crippen LogP contribution in [0.5, 0.6) is 0 Å². The fourth-order valence-electron chi connectivity index (χ4n) is 4.31. The summed E-state index contributed by atoms with van der Waals surface area (Å²) < 4.78 is 33.1. The SMILES string of the molecule is CCc1ccc(N(C)S(=O)(=O)c2ccc3[nH]cc(C(=O)NCCC[NH+]4CCOCC4)c(=O)c3c2)cc1. The number of fused-ring (bicyclic) bond motifs is 1. The molecule has 10 heteroatoms. The Morgan fingerprint density at radius 3 is 2.56 bits per heavy atom. The van der Waals surface area contributed by atoms with Crippen molar-refractivity contribution in [3.63, 3.8) is 0 Å². The number of quaternary nitrogens is 1. The minimum absolute atomic E-state index is 0.0198. The molecule has 4 rings (SSSR count). The van der Waals surface area contributed by atoms with Crippen molar-refractivity contribution < 1.29 is 22.8 Å². The van der Waals surface area contributed by atoms with E-state index in [1.54, 1.807) is 18.2 Å². The molecule has 3 N–H and O–H groups in total. The van der Waals surface area contributed by atoms with Crippen molar-refractivity contribution in [2.24, 2.45) is 0 Å². The first-order chi connectivity index (χ1) is 17.3. The lowest BCUT2D eigenvalue weighted by atomic mass is 10.1. The van der Waals surface area contributed by atoms with E-state index >= 15 is 0 Å². The number of amides is 1. The minimum atomic E-state index is -3.91. The Balaban J connectivity index is 1.51. The molecule has 192 valence electrons. The number of H-pyrrole nitrogens is 1. The first-order valence-corrected chi connectivity index (χ1v) is 13.7. The average Bonchev–Trinajstić information content (AvgIpc) is 2.91. The monoisotopic (exact) mass is 513 g/mol. The maximum Gasteiger partial charge on any atom is 0.264 e. The Labute approximate surface area is 211 Å². The first kappa shape index (κ1) is 25.9. The van der Waals surface area contributed by atoms with Crippen molar-refractivity contribution in [2.75, 3.05) is 50.7 Å². The quantitative estimate of drug-likeness (QED) is 0.369. The molecule has 36 heavy (non-hydrogen) atoms. The summed E-state index contributed by atoms with van der Waals surface area (Å²) >= 11 is 0. The van der Waals surface area contributed by atoms with E-state index in [9.17, 15) is 18.0 Å². The summed E-state index contributed by atoms with van der Waals surface area (Å²) in [5.41, 5.74) is 1.54. The van der Waals surface area contributed by atoms with Gasteiger partial charge in [0.2, 0.25) is 5.43 Å². The molecule has 1 aliphatic heterocycles. The van der Waals surface area contributed by atoms with Crippen molar-refractivity contribution >= 4 is 32.5 Å². The van der Waals surface area contributed by atoms with Crippen LogP contribution in [-0.4, -0.2) is 65.7 Å². The van der Waals surface area contributed by atoms with Gasteiger partial charge in [0.05, 0.1) is 30.3 Å². The van der Waals surface area contributed by atoms with Crippen LogP contribution in [0.4, 0.5) is 5.69 Å². The second-order valence-corrected chi connectivity index (χ2v) is 10.9. The number of aryl methyl sites for hydroxylation is 1. The number of pyridine rings is 1. The molecular weight excluding hydrogens is 480 g/mol. The highest BCUT2D eigenvalue weighted by molar-refractivity contribution is 7.92. The maximum atomic E-state index is 13.3. The maximum absolute atomic E-state index is 13.3. The molecule has 0 aliphatic carbocycles. The standard InChI is InChI=1S/C26H32N4O5S/c1-3-19-5-7-20(8-6-19)29(2)36(33,34)21-9-10-24-22(17-21)25(31)23(18-28-24)26(32)27-11-4-12-30-13-15-35-16-14-30/h5-10,17-18H,3-4,11-16H2,1-2H3,(H,27,32)(H,28,31)/p+1. The fourth-order valence-corrected chi connectivity index (χ4v) is 5.53. The van der Waals surface area contributed by atoms with E-state index < -0.39 is 21.4 Å². The first-order valence-electron chi connectivity index (χ1n) is 12.2. The molecular formula is C26H33N4O5S+. The molecule has 0 unspecified atom stereocenters. The van der Waals surface area contributed by atoms with Gasteiger partial charge in [-0.05, 0) is 42.3 Å². The summed E-state index contributed by atoms with van der Waals surface area (Å²) in [7, 11) is -2.43. The van der Waals surface area contributed by atoms with Crippen LogP contribution >= 0.6 is 0 Å². The summed E-state index contributed by atoms with van der Waals surface area (Å²) in [5, 5.41) is 2.96. The van der Waals surface area contributed by atoms with Gasteiger partial charge in [0, 0.05) is 37.1 Å². The van der Waals surface area contributed by atoms with E-state index in [1.807, 2.05) is 19.1 Å². The van der Waals surface area contributed by atoms with Gasteiger partial charge < -0.3 is 19.9 Å². The number of aromatic amines is 1. The van der Waals surface area contributed by atoms with Crippen molar-refractivity contribution in [1.29, 1.82) is 0 Å². The second kappa shape index (κ2) is 11.2. The number of aromatic nitrogens is 1. The van der Waals surface area contributed by atoms with Crippen LogP contribution in [0.25, 0.3) is 10.9 Å². The van der Waals surface area contributed by atoms with Gasteiger partial charge in [0.15, 0.2) is 0 Å². The number of anilines is 1. The lowest BCUT2D eigenvalue weighted by molar-refractivity contribution is -0.908. The van der Waals surface area contributed by atoms with Crippen LogP contribution in [0.2, 0.25) is 0 Å². The Morgan fingerprint density at radius 2 is 1.86 bits per heavy atom. The number of carbonyl (C=O) groups is 1. The molecule has 0 spiro atoms. The predicted molar refractivity (Wildman–Crippen MR) is 139 cm³/mol. The third-order valence-electron chi connectivity index (χ3n) is 6.66. The molecule has 0 bridgehead atoms. The van der Waals surface area contributed by atoms with Gasteiger partial charge in [-0.15, -0.1) is 0 Å².